The molecule has 0 spiro atoms. The van der Waals surface area contributed by atoms with Gasteiger partial charge in [-0.1, -0.05) is 50.1 Å². The van der Waals surface area contributed by atoms with Crippen molar-refractivity contribution in [2.75, 3.05) is 26.4 Å². The van der Waals surface area contributed by atoms with Gasteiger partial charge in [-0.15, -0.1) is 0 Å². The van der Waals surface area contributed by atoms with Gasteiger partial charge in [0.15, 0.2) is 0 Å². The molecular formula is C29H34O4. The van der Waals surface area contributed by atoms with Crippen LogP contribution in [0.5, 0.6) is 11.5 Å². The summed E-state index contributed by atoms with van der Waals surface area (Å²) in [5, 5.41) is 0. The molecule has 2 aromatic carbocycles. The highest BCUT2D eigenvalue weighted by atomic mass is 16.6. The van der Waals surface area contributed by atoms with Crippen molar-refractivity contribution in [1.29, 1.82) is 0 Å². The number of unbranched alkanes of at least 4 members (excludes halogenated alkanes) is 2. The average Bonchev–Trinajstić information content (AvgIpc) is 3.78. The number of aryl methyl sites for hydroxylation is 1. The van der Waals surface area contributed by atoms with Gasteiger partial charge in [-0.25, -0.2) is 0 Å². The molecule has 0 amide bonds. The summed E-state index contributed by atoms with van der Waals surface area (Å²) in [5.74, 6) is 1.93. The average molecular weight is 447 g/mol. The molecule has 1 aliphatic carbocycles. The highest BCUT2D eigenvalue weighted by Gasteiger charge is 2.24. The van der Waals surface area contributed by atoms with Gasteiger partial charge in [0.1, 0.15) is 36.9 Å². The van der Waals surface area contributed by atoms with E-state index in [4.69, 9.17) is 18.9 Å². The van der Waals surface area contributed by atoms with Crippen molar-refractivity contribution in [3.05, 3.63) is 71.3 Å². The van der Waals surface area contributed by atoms with Crippen molar-refractivity contribution in [2.45, 2.75) is 57.7 Å². The van der Waals surface area contributed by atoms with Crippen molar-refractivity contribution in [2.24, 2.45) is 0 Å². The van der Waals surface area contributed by atoms with E-state index in [-0.39, 0.29) is 12.2 Å². The molecule has 2 unspecified atom stereocenters. The Hall–Kier alpha value is -2.56. The van der Waals surface area contributed by atoms with E-state index in [2.05, 4.69) is 61.5 Å². The van der Waals surface area contributed by atoms with Gasteiger partial charge < -0.3 is 18.9 Å². The minimum absolute atomic E-state index is 0.283. The van der Waals surface area contributed by atoms with Crippen LogP contribution < -0.4 is 9.47 Å². The molecule has 0 aromatic heterocycles. The van der Waals surface area contributed by atoms with E-state index in [9.17, 15) is 0 Å². The fourth-order valence-corrected chi connectivity index (χ4v) is 4.26. The predicted octanol–water partition coefficient (Wildman–Crippen LogP) is 6.24. The van der Waals surface area contributed by atoms with Crippen LogP contribution in [0.25, 0.3) is 11.1 Å². The van der Waals surface area contributed by atoms with Gasteiger partial charge in [-0.05, 0) is 77.8 Å². The quantitative estimate of drug-likeness (QED) is 0.286. The number of allylic oxidation sites excluding steroid dienone is 4. The topological polar surface area (TPSA) is 43.5 Å². The summed E-state index contributed by atoms with van der Waals surface area (Å²) < 4.78 is 22.4. The van der Waals surface area contributed by atoms with Crippen LogP contribution in [-0.2, 0) is 15.9 Å². The number of benzene rings is 2. The van der Waals surface area contributed by atoms with Crippen molar-refractivity contribution in [3.63, 3.8) is 0 Å². The molecule has 0 saturated carbocycles. The molecule has 0 radical (unpaired) electrons. The lowest BCUT2D eigenvalue weighted by atomic mass is 9.89. The van der Waals surface area contributed by atoms with E-state index < -0.39 is 0 Å². The standard InChI is InChI=1S/C29H34O4/c1-2-3-4-5-25-16-24(12-15-29(25)33-20-28-19-32-28)23-8-6-21(7-9-23)22-10-13-26(14-11-22)30-17-27-18-31-27/h6,8,10-16,27-28H,2-5,7,9,17-20H2,1H3. The summed E-state index contributed by atoms with van der Waals surface area (Å²) >= 11 is 0. The number of ether oxygens (including phenoxy) is 4. The SMILES string of the molecule is CCCCCc1cc(C2=CC=C(c3ccc(OCC4CO4)cc3)CC2)ccc1OCC1CO1. The number of epoxide rings is 2. The van der Waals surface area contributed by atoms with Crippen molar-refractivity contribution < 1.29 is 18.9 Å². The Balaban J connectivity index is 1.26. The van der Waals surface area contributed by atoms with Crippen LogP contribution in [0.4, 0.5) is 0 Å². The molecule has 174 valence electrons. The van der Waals surface area contributed by atoms with Gasteiger partial charge >= 0.3 is 0 Å². The summed E-state index contributed by atoms with van der Waals surface area (Å²) in [4.78, 5) is 0. The molecule has 33 heavy (non-hydrogen) atoms. The van der Waals surface area contributed by atoms with Crippen LogP contribution in [0.3, 0.4) is 0 Å². The Labute approximate surface area is 197 Å². The summed E-state index contributed by atoms with van der Waals surface area (Å²) in [6.07, 6.45) is 12.0. The normalized spacial score (nSPS) is 21.2. The van der Waals surface area contributed by atoms with E-state index >= 15 is 0 Å². The molecule has 0 bridgehead atoms. The third kappa shape index (κ3) is 6.27. The lowest BCUT2D eigenvalue weighted by Gasteiger charge is -2.18. The van der Waals surface area contributed by atoms with Crippen molar-refractivity contribution >= 4 is 11.1 Å². The summed E-state index contributed by atoms with van der Waals surface area (Å²) in [6, 6.07) is 15.2. The largest absolute Gasteiger partial charge is 0.491 e. The molecule has 5 rings (SSSR count). The van der Waals surface area contributed by atoms with Gasteiger partial charge in [0, 0.05) is 0 Å². The van der Waals surface area contributed by atoms with Crippen molar-refractivity contribution in [1.82, 2.24) is 0 Å². The molecule has 2 aromatic rings. The molecule has 2 heterocycles. The monoisotopic (exact) mass is 446 g/mol. The molecule has 2 atom stereocenters. The Morgan fingerprint density at radius 1 is 0.788 bits per heavy atom. The molecule has 4 nitrogen and oxygen atoms in total. The van der Waals surface area contributed by atoms with E-state index in [0.717, 1.165) is 44.0 Å². The van der Waals surface area contributed by atoms with Gasteiger partial charge in [0.05, 0.1) is 13.2 Å². The molecular weight excluding hydrogens is 412 g/mol. The number of rotatable bonds is 12. The van der Waals surface area contributed by atoms with Crippen LogP contribution in [0.1, 0.15) is 55.7 Å². The summed E-state index contributed by atoms with van der Waals surface area (Å²) in [6.45, 7) is 5.21. The first kappa shape index (κ1) is 22.2. The van der Waals surface area contributed by atoms with Crippen LogP contribution in [0, 0.1) is 0 Å². The number of hydrogen-bond acceptors (Lipinski definition) is 4. The zero-order valence-corrected chi connectivity index (χ0v) is 19.6. The van der Waals surface area contributed by atoms with Crippen LogP contribution in [0.15, 0.2) is 54.6 Å². The first-order valence-electron chi connectivity index (χ1n) is 12.4. The maximum Gasteiger partial charge on any atom is 0.122 e. The zero-order chi connectivity index (χ0) is 22.5. The van der Waals surface area contributed by atoms with E-state index in [0.29, 0.717) is 13.2 Å². The van der Waals surface area contributed by atoms with Crippen LogP contribution in [-0.4, -0.2) is 38.6 Å². The fraction of sp³-hybridized carbons (Fsp3) is 0.448. The number of hydrogen-bond donors (Lipinski definition) is 0. The Morgan fingerprint density at radius 3 is 2.06 bits per heavy atom. The molecule has 4 heteroatoms. The molecule has 3 aliphatic rings. The first-order valence-corrected chi connectivity index (χ1v) is 12.4. The zero-order valence-electron chi connectivity index (χ0n) is 19.6. The van der Waals surface area contributed by atoms with E-state index in [1.54, 1.807) is 0 Å². The van der Waals surface area contributed by atoms with Crippen LogP contribution >= 0.6 is 0 Å². The van der Waals surface area contributed by atoms with Crippen molar-refractivity contribution in [3.8, 4) is 11.5 Å². The van der Waals surface area contributed by atoms with E-state index in [1.165, 1.54) is 47.1 Å². The molecule has 0 N–H and O–H groups in total. The molecule has 2 fully saturated rings. The predicted molar refractivity (Wildman–Crippen MR) is 132 cm³/mol. The fourth-order valence-electron chi connectivity index (χ4n) is 4.26. The molecule has 2 aliphatic heterocycles. The second-order valence-electron chi connectivity index (χ2n) is 9.22. The first-order chi connectivity index (χ1) is 16.3. The second-order valence-corrected chi connectivity index (χ2v) is 9.22. The second kappa shape index (κ2) is 10.6. The highest BCUT2D eigenvalue weighted by Crippen LogP contribution is 2.34. The minimum atomic E-state index is 0.283. The maximum absolute atomic E-state index is 6.08. The maximum atomic E-state index is 6.08. The Morgan fingerprint density at radius 2 is 1.42 bits per heavy atom. The van der Waals surface area contributed by atoms with Gasteiger partial charge in [-0.3, -0.25) is 0 Å². The molecule has 2 saturated heterocycles. The smallest absolute Gasteiger partial charge is 0.122 e. The third-order valence-electron chi connectivity index (χ3n) is 6.52. The van der Waals surface area contributed by atoms with Crippen LogP contribution in [0.2, 0.25) is 0 Å². The van der Waals surface area contributed by atoms with Gasteiger partial charge in [0.25, 0.3) is 0 Å². The Bertz CT molecular complexity index is 997. The minimum Gasteiger partial charge on any atom is -0.491 e. The Kier molecular flexibility index (Phi) is 7.13. The summed E-state index contributed by atoms with van der Waals surface area (Å²) in [5.41, 5.74) is 6.69. The third-order valence-corrected chi connectivity index (χ3v) is 6.52. The lowest BCUT2D eigenvalue weighted by Crippen LogP contribution is -2.06. The van der Waals surface area contributed by atoms with Gasteiger partial charge in [-0.2, -0.15) is 0 Å². The van der Waals surface area contributed by atoms with Gasteiger partial charge in [0.2, 0.25) is 0 Å². The highest BCUT2D eigenvalue weighted by molar-refractivity contribution is 5.78. The summed E-state index contributed by atoms with van der Waals surface area (Å²) in [7, 11) is 0. The van der Waals surface area contributed by atoms with E-state index in [1.807, 2.05) is 0 Å². The lowest BCUT2D eigenvalue weighted by molar-refractivity contribution is 0.261.